The Labute approximate surface area is 168 Å². The van der Waals surface area contributed by atoms with Crippen LogP contribution < -0.4 is 9.54 Å². The molecule has 0 bridgehead atoms. The first-order valence-electron chi connectivity index (χ1n) is 9.25. The summed E-state index contributed by atoms with van der Waals surface area (Å²) in [6.07, 6.45) is 4.51. The SMILES string of the molecule is COc1ccc(C#N)cc1C(=O)N=c1sc(C(C)(C)C)cn1CC1(O)CCC1. The third-order valence-electron chi connectivity index (χ3n) is 4.96. The Morgan fingerprint density at radius 3 is 2.68 bits per heavy atom. The summed E-state index contributed by atoms with van der Waals surface area (Å²) in [7, 11) is 1.48. The number of ether oxygens (including phenoxy) is 1. The molecule has 0 unspecified atom stereocenters. The second-order valence-electron chi connectivity index (χ2n) is 8.28. The van der Waals surface area contributed by atoms with Crippen LogP contribution in [0.3, 0.4) is 0 Å². The molecule has 1 amide bonds. The third kappa shape index (κ3) is 4.18. The molecule has 1 heterocycles. The molecule has 2 aromatic rings. The number of carbonyl (C=O) groups is 1. The van der Waals surface area contributed by atoms with Crippen LogP contribution in [0.25, 0.3) is 0 Å². The average Bonchev–Trinajstić information content (AvgIpc) is 3.02. The van der Waals surface area contributed by atoms with Gasteiger partial charge in [-0.15, -0.1) is 11.3 Å². The van der Waals surface area contributed by atoms with E-state index in [0.29, 0.717) is 22.7 Å². The standard InChI is InChI=1S/C21H25N3O3S/c1-20(2,3)17-12-24(13-21(26)8-5-9-21)19(28-17)23-18(25)15-10-14(11-22)6-7-16(15)27-4/h6-7,10,12,26H,5,8-9,13H2,1-4H3. The number of hydrogen-bond acceptors (Lipinski definition) is 5. The van der Waals surface area contributed by atoms with Gasteiger partial charge in [0.1, 0.15) is 5.75 Å². The number of rotatable bonds is 4. The van der Waals surface area contributed by atoms with Crippen molar-refractivity contribution in [2.45, 2.75) is 57.6 Å². The zero-order chi connectivity index (χ0) is 20.5. The molecule has 0 aliphatic heterocycles. The molecule has 148 valence electrons. The van der Waals surface area contributed by atoms with Gasteiger partial charge in [0, 0.05) is 11.1 Å². The molecule has 7 heteroatoms. The number of thiazole rings is 1. The lowest BCUT2D eigenvalue weighted by atomic mass is 9.80. The van der Waals surface area contributed by atoms with Gasteiger partial charge in [-0.1, -0.05) is 20.8 Å². The van der Waals surface area contributed by atoms with Crippen molar-refractivity contribution in [2.24, 2.45) is 4.99 Å². The Bertz CT molecular complexity index is 1000. The van der Waals surface area contributed by atoms with E-state index in [2.05, 4.69) is 25.8 Å². The molecular weight excluding hydrogens is 374 g/mol. The van der Waals surface area contributed by atoms with Gasteiger partial charge < -0.3 is 14.4 Å². The van der Waals surface area contributed by atoms with E-state index in [1.165, 1.54) is 24.5 Å². The highest BCUT2D eigenvalue weighted by Gasteiger charge is 2.35. The third-order valence-corrected chi connectivity index (χ3v) is 6.41. The molecule has 0 spiro atoms. The van der Waals surface area contributed by atoms with Gasteiger partial charge in [-0.05, 0) is 42.9 Å². The minimum Gasteiger partial charge on any atom is -0.496 e. The highest BCUT2D eigenvalue weighted by Crippen LogP contribution is 2.33. The van der Waals surface area contributed by atoms with E-state index < -0.39 is 11.5 Å². The number of carbonyl (C=O) groups excluding carboxylic acids is 1. The highest BCUT2D eigenvalue weighted by molar-refractivity contribution is 7.09. The molecule has 1 saturated carbocycles. The molecule has 3 rings (SSSR count). The Morgan fingerprint density at radius 1 is 1.43 bits per heavy atom. The lowest BCUT2D eigenvalue weighted by Crippen LogP contribution is -2.42. The Kier molecular flexibility index (Phi) is 5.46. The van der Waals surface area contributed by atoms with Gasteiger partial charge in [-0.2, -0.15) is 10.3 Å². The molecular formula is C21H25N3O3S. The number of aliphatic hydroxyl groups is 1. The summed E-state index contributed by atoms with van der Waals surface area (Å²) < 4.78 is 7.14. The van der Waals surface area contributed by atoms with Gasteiger partial charge >= 0.3 is 0 Å². The van der Waals surface area contributed by atoms with Crippen molar-refractivity contribution in [1.29, 1.82) is 5.26 Å². The molecule has 1 N–H and O–H groups in total. The van der Waals surface area contributed by atoms with Crippen LogP contribution in [0.1, 0.15) is 60.8 Å². The smallest absolute Gasteiger partial charge is 0.283 e. The Hall–Kier alpha value is -2.43. The van der Waals surface area contributed by atoms with Crippen LogP contribution in [-0.2, 0) is 12.0 Å². The van der Waals surface area contributed by atoms with Gasteiger partial charge in [0.05, 0.1) is 36.5 Å². The summed E-state index contributed by atoms with van der Waals surface area (Å²) in [5.74, 6) is -0.0878. The number of nitriles is 1. The zero-order valence-corrected chi connectivity index (χ0v) is 17.5. The van der Waals surface area contributed by atoms with Crippen LogP contribution in [-0.4, -0.2) is 28.3 Å². The maximum atomic E-state index is 12.9. The lowest BCUT2D eigenvalue weighted by Gasteiger charge is -2.36. The summed E-state index contributed by atoms with van der Waals surface area (Å²) in [5, 5.41) is 19.7. The maximum Gasteiger partial charge on any atom is 0.283 e. The fraction of sp³-hybridized carbons (Fsp3) is 0.476. The van der Waals surface area contributed by atoms with Crippen molar-refractivity contribution in [3.05, 3.63) is 45.2 Å². The predicted molar refractivity (Wildman–Crippen MR) is 107 cm³/mol. The summed E-state index contributed by atoms with van der Waals surface area (Å²) in [6, 6.07) is 6.73. The molecule has 1 aromatic heterocycles. The van der Waals surface area contributed by atoms with Crippen molar-refractivity contribution < 1.29 is 14.6 Å². The molecule has 28 heavy (non-hydrogen) atoms. The van der Waals surface area contributed by atoms with E-state index in [4.69, 9.17) is 10.00 Å². The predicted octanol–water partition coefficient (Wildman–Crippen LogP) is 3.38. The molecule has 0 atom stereocenters. The molecule has 1 aromatic carbocycles. The van der Waals surface area contributed by atoms with E-state index in [0.717, 1.165) is 24.1 Å². The second-order valence-corrected chi connectivity index (χ2v) is 9.29. The molecule has 1 aliphatic carbocycles. The monoisotopic (exact) mass is 399 g/mol. The summed E-state index contributed by atoms with van der Waals surface area (Å²) in [5.41, 5.74) is -0.199. The largest absolute Gasteiger partial charge is 0.496 e. The number of amides is 1. The Morgan fingerprint density at radius 2 is 2.14 bits per heavy atom. The van der Waals surface area contributed by atoms with E-state index in [9.17, 15) is 9.90 Å². The number of benzene rings is 1. The van der Waals surface area contributed by atoms with Gasteiger partial charge in [-0.25, -0.2) is 0 Å². The highest BCUT2D eigenvalue weighted by atomic mass is 32.1. The average molecular weight is 400 g/mol. The number of hydrogen-bond donors (Lipinski definition) is 1. The minimum absolute atomic E-state index is 0.0934. The first-order valence-corrected chi connectivity index (χ1v) is 10.1. The molecule has 6 nitrogen and oxygen atoms in total. The summed E-state index contributed by atoms with van der Waals surface area (Å²) >= 11 is 1.45. The van der Waals surface area contributed by atoms with Crippen molar-refractivity contribution in [2.75, 3.05) is 7.11 Å². The van der Waals surface area contributed by atoms with Gasteiger partial charge in [0.25, 0.3) is 5.91 Å². The lowest BCUT2D eigenvalue weighted by molar-refractivity contribution is -0.0478. The normalized spacial score (nSPS) is 16.4. The second kappa shape index (κ2) is 7.53. The first kappa shape index (κ1) is 20.3. The van der Waals surface area contributed by atoms with Crippen LogP contribution in [0.4, 0.5) is 0 Å². The van der Waals surface area contributed by atoms with E-state index in [1.54, 1.807) is 12.1 Å². The fourth-order valence-electron chi connectivity index (χ4n) is 3.08. The number of aromatic nitrogens is 1. The van der Waals surface area contributed by atoms with Crippen LogP contribution in [0.5, 0.6) is 5.75 Å². The molecule has 1 aliphatic rings. The molecule has 0 radical (unpaired) electrons. The number of nitrogens with zero attached hydrogens (tertiary/aromatic N) is 3. The van der Waals surface area contributed by atoms with Crippen LogP contribution in [0.15, 0.2) is 29.4 Å². The maximum absolute atomic E-state index is 12.9. The summed E-state index contributed by atoms with van der Waals surface area (Å²) in [4.78, 5) is 18.9. The van der Waals surface area contributed by atoms with Crippen molar-refractivity contribution in [3.63, 3.8) is 0 Å². The molecule has 1 fully saturated rings. The van der Waals surface area contributed by atoms with Gasteiger partial charge in [0.15, 0.2) is 4.80 Å². The first-order chi connectivity index (χ1) is 13.1. The fourth-order valence-corrected chi connectivity index (χ4v) is 4.12. The quantitative estimate of drug-likeness (QED) is 0.854. The Balaban J connectivity index is 2.06. The van der Waals surface area contributed by atoms with Crippen LogP contribution >= 0.6 is 11.3 Å². The zero-order valence-electron chi connectivity index (χ0n) is 16.7. The molecule has 0 saturated heterocycles. The van der Waals surface area contributed by atoms with Crippen LogP contribution in [0, 0.1) is 11.3 Å². The number of methoxy groups -OCH3 is 1. The topological polar surface area (TPSA) is 87.6 Å². The van der Waals surface area contributed by atoms with E-state index in [1.807, 2.05) is 16.8 Å². The van der Waals surface area contributed by atoms with Crippen molar-refractivity contribution in [3.8, 4) is 11.8 Å². The van der Waals surface area contributed by atoms with E-state index in [-0.39, 0.29) is 11.0 Å². The van der Waals surface area contributed by atoms with Gasteiger partial charge in [0.2, 0.25) is 0 Å². The van der Waals surface area contributed by atoms with Crippen molar-refractivity contribution >= 4 is 17.2 Å². The van der Waals surface area contributed by atoms with Crippen molar-refractivity contribution in [1.82, 2.24) is 4.57 Å². The van der Waals surface area contributed by atoms with Crippen LogP contribution in [0.2, 0.25) is 0 Å². The minimum atomic E-state index is -0.730. The van der Waals surface area contributed by atoms with E-state index >= 15 is 0 Å². The van der Waals surface area contributed by atoms with Gasteiger partial charge in [-0.3, -0.25) is 4.79 Å². The summed E-state index contributed by atoms with van der Waals surface area (Å²) in [6.45, 7) is 6.73.